The summed E-state index contributed by atoms with van der Waals surface area (Å²) in [5.74, 6) is 1.17. The van der Waals surface area contributed by atoms with Crippen LogP contribution in [0.3, 0.4) is 0 Å². The molecule has 0 aromatic carbocycles. The molecule has 0 N–H and O–H groups in total. The minimum Gasteiger partial charge on any atom is -0.310 e. The Hall–Kier alpha value is -1.61. The van der Waals surface area contributed by atoms with Crippen LogP contribution in [0.25, 0.3) is 0 Å². The molecule has 122 valence electrons. The number of nitriles is 1. The van der Waals surface area contributed by atoms with Crippen molar-refractivity contribution in [1.82, 2.24) is 9.88 Å². The van der Waals surface area contributed by atoms with E-state index in [4.69, 9.17) is 5.26 Å². The van der Waals surface area contributed by atoms with Crippen molar-refractivity contribution in [2.24, 2.45) is 11.8 Å². The number of anilines is 1. The SMILES string of the molecule is N#CN1CCC2CN(c3ncc(C4CCCCC4)s3)C(=O)C2C1. The van der Waals surface area contributed by atoms with Gasteiger partial charge in [0, 0.05) is 30.7 Å². The summed E-state index contributed by atoms with van der Waals surface area (Å²) in [6, 6.07) is 0. The molecule has 1 aromatic rings. The molecular formula is C17H22N4OS. The summed E-state index contributed by atoms with van der Waals surface area (Å²) in [4.78, 5) is 22.3. The fraction of sp³-hybridized carbons (Fsp3) is 0.706. The van der Waals surface area contributed by atoms with Gasteiger partial charge in [-0.05, 0) is 31.1 Å². The lowest BCUT2D eigenvalue weighted by molar-refractivity contribution is -0.122. The van der Waals surface area contributed by atoms with E-state index in [9.17, 15) is 4.79 Å². The summed E-state index contributed by atoms with van der Waals surface area (Å²) in [5.41, 5.74) is 0. The second kappa shape index (κ2) is 6.12. The van der Waals surface area contributed by atoms with Crippen molar-refractivity contribution >= 4 is 22.4 Å². The molecule has 1 aromatic heterocycles. The molecule has 0 spiro atoms. The molecule has 6 heteroatoms. The van der Waals surface area contributed by atoms with Gasteiger partial charge in [0.05, 0.1) is 5.92 Å². The number of piperidine rings is 1. The van der Waals surface area contributed by atoms with Gasteiger partial charge < -0.3 is 4.90 Å². The molecule has 2 saturated heterocycles. The number of likely N-dealkylation sites (tertiary alicyclic amines) is 1. The number of carbonyl (C=O) groups excluding carboxylic acids is 1. The lowest BCUT2D eigenvalue weighted by Gasteiger charge is -2.28. The molecule has 2 atom stereocenters. The number of aromatic nitrogens is 1. The van der Waals surface area contributed by atoms with E-state index in [2.05, 4.69) is 11.2 Å². The predicted molar refractivity (Wildman–Crippen MR) is 89.1 cm³/mol. The van der Waals surface area contributed by atoms with Crippen LogP contribution in [-0.4, -0.2) is 35.4 Å². The maximum Gasteiger partial charge on any atom is 0.234 e. The first-order chi connectivity index (χ1) is 11.3. The standard InChI is InChI=1S/C17H22N4OS/c18-11-20-7-6-13-9-21(16(22)14(13)10-20)17-19-8-15(23-17)12-4-2-1-3-5-12/h8,12-14H,1-7,9-10H2. The molecule has 0 radical (unpaired) electrons. The molecule has 1 saturated carbocycles. The molecule has 5 nitrogen and oxygen atoms in total. The number of fused-ring (bicyclic) bond motifs is 1. The van der Waals surface area contributed by atoms with Gasteiger partial charge in [-0.3, -0.25) is 9.69 Å². The summed E-state index contributed by atoms with van der Waals surface area (Å²) < 4.78 is 0. The van der Waals surface area contributed by atoms with Crippen LogP contribution >= 0.6 is 11.3 Å². The monoisotopic (exact) mass is 330 g/mol. The normalized spacial score (nSPS) is 28.7. The van der Waals surface area contributed by atoms with Crippen LogP contribution in [0.5, 0.6) is 0 Å². The fourth-order valence-corrected chi connectivity index (χ4v) is 5.36. The highest BCUT2D eigenvalue weighted by Gasteiger charge is 2.44. The number of amides is 1. The number of nitrogens with zero attached hydrogens (tertiary/aromatic N) is 4. The lowest BCUT2D eigenvalue weighted by Crippen LogP contribution is -2.39. The number of rotatable bonds is 2. The van der Waals surface area contributed by atoms with Crippen LogP contribution in [-0.2, 0) is 4.79 Å². The summed E-state index contributed by atoms with van der Waals surface area (Å²) in [6.07, 6.45) is 11.6. The molecule has 1 amide bonds. The van der Waals surface area contributed by atoms with Crippen LogP contribution in [0.15, 0.2) is 6.20 Å². The van der Waals surface area contributed by atoms with Crippen LogP contribution in [0, 0.1) is 23.3 Å². The zero-order valence-corrected chi connectivity index (χ0v) is 14.1. The highest BCUT2D eigenvalue weighted by atomic mass is 32.1. The molecule has 3 heterocycles. The van der Waals surface area contributed by atoms with Gasteiger partial charge in [0.2, 0.25) is 5.91 Å². The third-order valence-corrected chi connectivity index (χ3v) is 6.83. The topological polar surface area (TPSA) is 60.2 Å². The van der Waals surface area contributed by atoms with Gasteiger partial charge in [-0.15, -0.1) is 11.3 Å². The van der Waals surface area contributed by atoms with E-state index in [-0.39, 0.29) is 11.8 Å². The maximum atomic E-state index is 12.7. The van der Waals surface area contributed by atoms with Crippen LogP contribution in [0.4, 0.5) is 5.13 Å². The fourth-order valence-electron chi connectivity index (χ4n) is 4.26. The Bertz CT molecular complexity index is 631. The second-order valence-electron chi connectivity index (χ2n) is 7.03. The minimum absolute atomic E-state index is 0.0227. The molecule has 4 rings (SSSR count). The molecule has 3 fully saturated rings. The van der Waals surface area contributed by atoms with Crippen molar-refractivity contribution in [3.05, 3.63) is 11.1 Å². The van der Waals surface area contributed by atoms with E-state index < -0.39 is 0 Å². The molecule has 23 heavy (non-hydrogen) atoms. The van der Waals surface area contributed by atoms with Gasteiger partial charge in [0.25, 0.3) is 0 Å². The van der Waals surface area contributed by atoms with Gasteiger partial charge in [-0.1, -0.05) is 19.3 Å². The van der Waals surface area contributed by atoms with Crippen LogP contribution < -0.4 is 4.90 Å². The first-order valence-corrected chi connectivity index (χ1v) is 9.49. The van der Waals surface area contributed by atoms with Crippen molar-refractivity contribution in [1.29, 1.82) is 5.26 Å². The Morgan fingerprint density at radius 2 is 2.04 bits per heavy atom. The van der Waals surface area contributed by atoms with Gasteiger partial charge in [-0.25, -0.2) is 4.98 Å². The summed E-state index contributed by atoms with van der Waals surface area (Å²) in [7, 11) is 0. The molecule has 1 aliphatic carbocycles. The minimum atomic E-state index is -0.0227. The van der Waals surface area contributed by atoms with Gasteiger partial charge in [0.1, 0.15) is 0 Å². The van der Waals surface area contributed by atoms with Gasteiger partial charge in [0.15, 0.2) is 11.3 Å². The lowest BCUT2D eigenvalue weighted by atomic mass is 9.88. The van der Waals surface area contributed by atoms with Crippen molar-refractivity contribution < 1.29 is 4.79 Å². The van der Waals surface area contributed by atoms with Gasteiger partial charge >= 0.3 is 0 Å². The average Bonchev–Trinajstić information content (AvgIpc) is 3.20. The zero-order chi connectivity index (χ0) is 15.8. The summed E-state index contributed by atoms with van der Waals surface area (Å²) in [5, 5.41) is 9.94. The van der Waals surface area contributed by atoms with Crippen molar-refractivity contribution in [3.63, 3.8) is 0 Å². The Morgan fingerprint density at radius 3 is 2.83 bits per heavy atom. The Kier molecular flexibility index (Phi) is 3.98. The molecule has 3 aliphatic rings. The number of carbonyl (C=O) groups is 1. The van der Waals surface area contributed by atoms with E-state index in [1.807, 2.05) is 11.1 Å². The quantitative estimate of drug-likeness (QED) is 0.782. The van der Waals surface area contributed by atoms with E-state index >= 15 is 0 Å². The third-order valence-electron chi connectivity index (χ3n) is 5.65. The number of thiazole rings is 1. The van der Waals surface area contributed by atoms with Crippen LogP contribution in [0.2, 0.25) is 0 Å². The van der Waals surface area contributed by atoms with E-state index in [0.717, 1.165) is 24.6 Å². The molecule has 2 aliphatic heterocycles. The molecular weight excluding hydrogens is 308 g/mol. The first kappa shape index (κ1) is 14.9. The second-order valence-corrected chi connectivity index (χ2v) is 8.07. The first-order valence-electron chi connectivity index (χ1n) is 8.68. The highest BCUT2D eigenvalue weighted by Crippen LogP contribution is 2.40. The smallest absolute Gasteiger partial charge is 0.234 e. The third kappa shape index (κ3) is 2.72. The Morgan fingerprint density at radius 1 is 1.22 bits per heavy atom. The average molecular weight is 330 g/mol. The predicted octanol–water partition coefficient (Wildman–Crippen LogP) is 2.96. The Labute approximate surface area is 140 Å². The Balaban J connectivity index is 1.49. The van der Waals surface area contributed by atoms with E-state index in [1.54, 1.807) is 16.2 Å². The molecule has 2 unspecified atom stereocenters. The maximum absolute atomic E-state index is 12.7. The zero-order valence-electron chi connectivity index (χ0n) is 13.3. The van der Waals surface area contributed by atoms with Crippen molar-refractivity contribution in [3.8, 4) is 6.19 Å². The van der Waals surface area contributed by atoms with Gasteiger partial charge in [-0.2, -0.15) is 5.26 Å². The van der Waals surface area contributed by atoms with Crippen molar-refractivity contribution in [2.75, 3.05) is 24.5 Å². The molecule has 0 bridgehead atoms. The van der Waals surface area contributed by atoms with E-state index in [1.165, 1.54) is 37.0 Å². The summed E-state index contributed by atoms with van der Waals surface area (Å²) >= 11 is 1.71. The van der Waals surface area contributed by atoms with E-state index in [0.29, 0.717) is 18.4 Å². The van der Waals surface area contributed by atoms with Crippen LogP contribution in [0.1, 0.15) is 49.3 Å². The largest absolute Gasteiger partial charge is 0.310 e. The van der Waals surface area contributed by atoms with Crippen molar-refractivity contribution in [2.45, 2.75) is 44.4 Å². The number of hydrogen-bond acceptors (Lipinski definition) is 5. The number of hydrogen-bond donors (Lipinski definition) is 0. The highest BCUT2D eigenvalue weighted by molar-refractivity contribution is 7.15. The summed E-state index contributed by atoms with van der Waals surface area (Å²) in [6.45, 7) is 2.14.